The van der Waals surface area contributed by atoms with Crippen LogP contribution in [-0.2, 0) is 13.1 Å². The minimum Gasteiger partial charge on any atom is -0.330 e. The molecule has 4 aromatic rings. The Morgan fingerprint density at radius 3 is 2.39 bits per heavy atom. The lowest BCUT2D eigenvalue weighted by atomic mass is 9.82. The first-order valence-corrected chi connectivity index (χ1v) is 11.1. The number of H-pyrrole nitrogens is 1. The molecule has 6 nitrogen and oxygen atoms in total. The number of hydrogen-bond donors (Lipinski definition) is 1. The first kappa shape index (κ1) is 20.1. The molecule has 1 amide bonds. The second-order valence-corrected chi connectivity index (χ2v) is 9.40. The number of aromatic nitrogens is 3. The maximum atomic E-state index is 14.2. The van der Waals surface area contributed by atoms with Crippen molar-refractivity contribution in [2.45, 2.75) is 45.8 Å². The van der Waals surface area contributed by atoms with E-state index in [-0.39, 0.29) is 41.7 Å². The van der Waals surface area contributed by atoms with Gasteiger partial charge in [-0.3, -0.25) is 14.3 Å². The molecule has 0 bridgehead atoms. The van der Waals surface area contributed by atoms with E-state index in [1.54, 1.807) is 12.3 Å². The Balaban J connectivity index is 1.44. The van der Waals surface area contributed by atoms with Crippen molar-refractivity contribution in [1.29, 1.82) is 0 Å². The van der Waals surface area contributed by atoms with Crippen LogP contribution in [0.15, 0.2) is 35.3 Å². The largest absolute Gasteiger partial charge is 0.330 e. The Hall–Kier alpha value is -3.55. The van der Waals surface area contributed by atoms with E-state index in [0.717, 1.165) is 41.4 Å². The van der Waals surface area contributed by atoms with Gasteiger partial charge in [0.15, 0.2) is 0 Å². The molecule has 1 aliphatic carbocycles. The topological polar surface area (TPSA) is 71.0 Å². The lowest BCUT2D eigenvalue weighted by molar-refractivity contribution is 0.0749. The van der Waals surface area contributed by atoms with Gasteiger partial charge in [0.05, 0.1) is 28.7 Å². The second-order valence-electron chi connectivity index (χ2n) is 9.40. The van der Waals surface area contributed by atoms with Crippen molar-refractivity contribution in [2.75, 3.05) is 0 Å². The number of aromatic amines is 1. The lowest BCUT2D eigenvalue weighted by Crippen LogP contribution is -2.26. The number of rotatable bonds is 2. The number of pyridine rings is 1. The van der Waals surface area contributed by atoms with Crippen molar-refractivity contribution in [3.05, 3.63) is 74.7 Å². The van der Waals surface area contributed by atoms with E-state index in [0.29, 0.717) is 22.4 Å². The van der Waals surface area contributed by atoms with Crippen molar-refractivity contribution >= 4 is 27.7 Å². The van der Waals surface area contributed by atoms with Crippen LogP contribution in [0.5, 0.6) is 0 Å². The van der Waals surface area contributed by atoms with E-state index in [1.807, 2.05) is 17.7 Å². The smallest absolute Gasteiger partial charge is 0.259 e. The fraction of sp³-hybridized carbons (Fsp3) is 0.320. The molecule has 1 aliphatic heterocycles. The van der Waals surface area contributed by atoms with Crippen LogP contribution in [0, 0.1) is 24.5 Å². The molecule has 2 aliphatic rings. The number of aryl methyl sites for hydroxylation is 1. The molecule has 0 saturated heterocycles. The first-order chi connectivity index (χ1) is 15.8. The van der Waals surface area contributed by atoms with Gasteiger partial charge in [-0.05, 0) is 55.5 Å². The third-order valence-corrected chi connectivity index (χ3v) is 7.14. The minimum absolute atomic E-state index is 0.0113. The zero-order chi connectivity index (χ0) is 23.0. The summed E-state index contributed by atoms with van der Waals surface area (Å²) in [6.45, 7) is 4.05. The van der Waals surface area contributed by atoms with Crippen molar-refractivity contribution in [1.82, 2.24) is 19.7 Å². The summed E-state index contributed by atoms with van der Waals surface area (Å²) in [7, 11) is 0. The second kappa shape index (κ2) is 6.97. The summed E-state index contributed by atoms with van der Waals surface area (Å²) in [5, 5.41) is 5.86. The summed E-state index contributed by atoms with van der Waals surface area (Å²) in [6.07, 6.45) is 3.64. The molecule has 0 radical (unpaired) electrons. The average Bonchev–Trinajstić information content (AvgIpc) is 3.40. The Bertz CT molecular complexity index is 1500. The number of hydrogen-bond acceptors (Lipinski definition) is 3. The van der Waals surface area contributed by atoms with Gasteiger partial charge in [0, 0.05) is 35.2 Å². The summed E-state index contributed by atoms with van der Waals surface area (Å²) >= 11 is 0. The third kappa shape index (κ3) is 2.93. The quantitative estimate of drug-likeness (QED) is 0.488. The summed E-state index contributed by atoms with van der Waals surface area (Å²) < 4.78 is 30.3. The van der Waals surface area contributed by atoms with E-state index in [2.05, 4.69) is 17.0 Å². The summed E-state index contributed by atoms with van der Waals surface area (Å²) in [4.78, 5) is 30.4. The number of nitrogens with zero attached hydrogens (tertiary/aromatic N) is 3. The van der Waals surface area contributed by atoms with Crippen molar-refractivity contribution in [2.24, 2.45) is 5.92 Å². The Morgan fingerprint density at radius 1 is 1.09 bits per heavy atom. The van der Waals surface area contributed by atoms with Crippen LogP contribution < -0.4 is 5.56 Å². The number of carbonyl (C=O) groups excluding carboxylic acids is 1. The molecule has 1 fully saturated rings. The molecule has 0 unspecified atom stereocenters. The summed E-state index contributed by atoms with van der Waals surface area (Å²) in [6, 6.07) is 6.00. The predicted octanol–water partition coefficient (Wildman–Crippen LogP) is 4.59. The van der Waals surface area contributed by atoms with Gasteiger partial charge in [-0.25, -0.2) is 8.78 Å². The highest BCUT2D eigenvalue weighted by Gasteiger charge is 2.31. The molecule has 3 heterocycles. The summed E-state index contributed by atoms with van der Waals surface area (Å²) in [5.74, 6) is -0.719. The monoisotopic (exact) mass is 448 g/mol. The van der Waals surface area contributed by atoms with Crippen LogP contribution in [-0.4, -0.2) is 25.6 Å². The van der Waals surface area contributed by atoms with Gasteiger partial charge in [-0.2, -0.15) is 5.10 Å². The van der Waals surface area contributed by atoms with E-state index in [4.69, 9.17) is 0 Å². The number of carbonyl (C=O) groups is 1. The van der Waals surface area contributed by atoms with Crippen molar-refractivity contribution in [3.63, 3.8) is 0 Å². The lowest BCUT2D eigenvalue weighted by Gasteiger charge is -2.33. The molecule has 33 heavy (non-hydrogen) atoms. The zero-order valence-corrected chi connectivity index (χ0v) is 18.3. The number of nitrogens with one attached hydrogen (secondary N) is 1. The third-order valence-electron chi connectivity index (χ3n) is 7.14. The van der Waals surface area contributed by atoms with Crippen LogP contribution >= 0.6 is 0 Å². The van der Waals surface area contributed by atoms with Crippen LogP contribution in [0.2, 0.25) is 0 Å². The Morgan fingerprint density at radius 2 is 1.76 bits per heavy atom. The van der Waals surface area contributed by atoms with E-state index < -0.39 is 11.6 Å². The van der Waals surface area contributed by atoms with Crippen LogP contribution in [0.4, 0.5) is 8.78 Å². The first-order valence-electron chi connectivity index (χ1n) is 11.1. The van der Waals surface area contributed by atoms with Gasteiger partial charge in [-0.1, -0.05) is 6.92 Å². The highest BCUT2D eigenvalue weighted by atomic mass is 19.1. The van der Waals surface area contributed by atoms with Gasteiger partial charge in [0.25, 0.3) is 11.5 Å². The average molecular weight is 448 g/mol. The van der Waals surface area contributed by atoms with Crippen LogP contribution in [0.1, 0.15) is 52.9 Å². The number of amides is 1. The standard InChI is InChI=1S/C25H22F2N4O2/c1-12-5-14(6-12)31-23-16-7-13(2)15(8-22(16)29-24(32)17(23)9-28-31)25(33)30-10-18-19(11-30)21(27)4-3-20(18)26/h3-4,7-9,12,14H,5-6,10-11H2,1-2H3,(H,29,32). The molecule has 0 spiro atoms. The molecule has 2 aromatic heterocycles. The van der Waals surface area contributed by atoms with Crippen LogP contribution in [0.3, 0.4) is 0 Å². The zero-order valence-electron chi connectivity index (χ0n) is 18.3. The van der Waals surface area contributed by atoms with Crippen LogP contribution in [0.25, 0.3) is 21.8 Å². The number of fused-ring (bicyclic) bond motifs is 4. The highest BCUT2D eigenvalue weighted by molar-refractivity contribution is 6.07. The summed E-state index contributed by atoms with van der Waals surface area (Å²) in [5.41, 5.74) is 2.64. The number of benzene rings is 2. The van der Waals surface area contributed by atoms with E-state index in [9.17, 15) is 18.4 Å². The number of halogens is 2. The molecule has 0 atom stereocenters. The molecule has 1 saturated carbocycles. The highest BCUT2D eigenvalue weighted by Crippen LogP contribution is 2.39. The van der Waals surface area contributed by atoms with Crippen molar-refractivity contribution < 1.29 is 13.6 Å². The van der Waals surface area contributed by atoms with Gasteiger partial charge in [0.2, 0.25) is 0 Å². The fourth-order valence-corrected chi connectivity index (χ4v) is 5.29. The minimum atomic E-state index is -0.512. The maximum Gasteiger partial charge on any atom is 0.259 e. The van der Waals surface area contributed by atoms with Gasteiger partial charge in [0.1, 0.15) is 11.6 Å². The molecular weight excluding hydrogens is 426 g/mol. The molecule has 1 N–H and O–H groups in total. The molecule has 168 valence electrons. The van der Waals surface area contributed by atoms with Gasteiger partial charge in [-0.15, -0.1) is 0 Å². The fourth-order valence-electron chi connectivity index (χ4n) is 5.29. The molecular formula is C25H22F2N4O2. The van der Waals surface area contributed by atoms with E-state index >= 15 is 0 Å². The normalized spacial score (nSPS) is 19.8. The van der Waals surface area contributed by atoms with Crippen molar-refractivity contribution in [3.8, 4) is 0 Å². The van der Waals surface area contributed by atoms with Gasteiger partial charge >= 0.3 is 0 Å². The maximum absolute atomic E-state index is 14.2. The van der Waals surface area contributed by atoms with E-state index in [1.165, 1.54) is 4.90 Å². The molecule has 2 aromatic carbocycles. The Labute approximate surface area is 187 Å². The molecule has 8 heteroatoms. The van der Waals surface area contributed by atoms with Gasteiger partial charge < -0.3 is 9.88 Å². The molecule has 6 rings (SSSR count). The Kier molecular flexibility index (Phi) is 4.24. The SMILES string of the molecule is Cc1cc2c(cc1C(=O)N1Cc3c(F)ccc(F)c3C1)[nH]c(=O)c1cnn(C3CC(C)C3)c12. The predicted molar refractivity (Wildman–Crippen MR) is 120 cm³/mol.